The minimum atomic E-state index is -0.0520. The highest BCUT2D eigenvalue weighted by Crippen LogP contribution is 2.22. The lowest BCUT2D eigenvalue weighted by atomic mass is 10.1. The van der Waals surface area contributed by atoms with Gasteiger partial charge in [0.15, 0.2) is 0 Å². The third-order valence-electron chi connectivity index (χ3n) is 3.27. The first-order chi connectivity index (χ1) is 7.79. The minimum absolute atomic E-state index is 0.0520. The van der Waals surface area contributed by atoms with Crippen LogP contribution in [-0.2, 0) is 4.74 Å². The second kappa shape index (κ2) is 5.53. The van der Waals surface area contributed by atoms with Gasteiger partial charge in [-0.15, -0.1) is 0 Å². The van der Waals surface area contributed by atoms with E-state index in [0.29, 0.717) is 13.2 Å². The summed E-state index contributed by atoms with van der Waals surface area (Å²) in [7, 11) is 0. The zero-order valence-electron chi connectivity index (χ0n) is 10.0. The highest BCUT2D eigenvalue weighted by molar-refractivity contribution is 5.06. The molecule has 0 N–H and O–H groups in total. The average molecular weight is 228 g/mol. The molecule has 0 radical (unpaired) electrons. The monoisotopic (exact) mass is 228 g/mol. The number of hydrogen-bond donors (Lipinski definition) is 0. The molecule has 0 unspecified atom stereocenters. The van der Waals surface area contributed by atoms with Crippen molar-refractivity contribution in [2.24, 2.45) is 0 Å². The molecule has 2 fully saturated rings. The van der Waals surface area contributed by atoms with Crippen molar-refractivity contribution in [3.8, 4) is 0 Å². The van der Waals surface area contributed by atoms with Crippen molar-refractivity contribution in [2.45, 2.75) is 26.2 Å². The summed E-state index contributed by atoms with van der Waals surface area (Å²) in [6, 6.07) is 0. The molecule has 2 aliphatic rings. The molecule has 3 nitrogen and oxygen atoms in total. The van der Waals surface area contributed by atoms with Gasteiger partial charge in [-0.3, -0.25) is 0 Å². The van der Waals surface area contributed by atoms with Crippen LogP contribution in [0.3, 0.4) is 0 Å². The number of rotatable bonds is 2. The number of piperidine rings is 1. The molecule has 0 amide bonds. The van der Waals surface area contributed by atoms with E-state index in [1.807, 2.05) is 0 Å². The Labute approximate surface area is 96.9 Å². The smallest absolute Gasteiger partial charge is 0.137 e. The van der Waals surface area contributed by atoms with E-state index in [2.05, 4.69) is 9.80 Å². The highest BCUT2D eigenvalue weighted by atomic mass is 19.1. The molecule has 0 aliphatic carbocycles. The van der Waals surface area contributed by atoms with Crippen LogP contribution in [0.1, 0.15) is 26.2 Å². The summed E-state index contributed by atoms with van der Waals surface area (Å²) in [5, 5.41) is 0. The predicted molar refractivity (Wildman–Crippen MR) is 61.6 cm³/mol. The number of likely N-dealkylation sites (tertiary alicyclic amines) is 1. The SMILES string of the molecule is C/C(F)=C(/N1CCCCC1)N1CCOCC1. The van der Waals surface area contributed by atoms with E-state index in [4.69, 9.17) is 4.74 Å². The minimum Gasteiger partial charge on any atom is -0.378 e. The fraction of sp³-hybridized carbons (Fsp3) is 0.833. The molecule has 92 valence electrons. The van der Waals surface area contributed by atoms with Crippen LogP contribution in [0.5, 0.6) is 0 Å². The molecule has 0 atom stereocenters. The number of ether oxygens (including phenoxy) is 1. The molecular formula is C12H21FN2O. The maximum Gasteiger partial charge on any atom is 0.137 e. The van der Waals surface area contributed by atoms with Gasteiger partial charge in [0.2, 0.25) is 0 Å². The van der Waals surface area contributed by atoms with Crippen LogP contribution in [0.4, 0.5) is 4.39 Å². The van der Waals surface area contributed by atoms with Crippen molar-refractivity contribution in [3.63, 3.8) is 0 Å². The molecule has 0 aromatic heterocycles. The quantitative estimate of drug-likeness (QED) is 0.718. The Balaban J connectivity index is 2.06. The van der Waals surface area contributed by atoms with Crippen molar-refractivity contribution in [2.75, 3.05) is 39.4 Å². The summed E-state index contributed by atoms with van der Waals surface area (Å²) in [5.74, 6) is 0.756. The lowest BCUT2D eigenvalue weighted by molar-refractivity contribution is 0.0328. The number of hydrogen-bond acceptors (Lipinski definition) is 3. The zero-order valence-corrected chi connectivity index (χ0v) is 10.0. The Bertz CT molecular complexity index is 232. The molecule has 4 heteroatoms. The van der Waals surface area contributed by atoms with E-state index in [-0.39, 0.29) is 5.83 Å². The Morgan fingerprint density at radius 1 is 0.938 bits per heavy atom. The van der Waals surface area contributed by atoms with E-state index >= 15 is 0 Å². The number of allylic oxidation sites excluding steroid dienone is 1. The van der Waals surface area contributed by atoms with Crippen LogP contribution < -0.4 is 0 Å². The summed E-state index contributed by atoms with van der Waals surface area (Å²) < 4.78 is 19.0. The van der Waals surface area contributed by atoms with E-state index < -0.39 is 0 Å². The maximum atomic E-state index is 13.7. The first-order valence-electron chi connectivity index (χ1n) is 6.23. The van der Waals surface area contributed by atoms with Crippen LogP contribution in [0, 0.1) is 0 Å². The predicted octanol–water partition coefficient (Wildman–Crippen LogP) is 1.96. The summed E-state index contributed by atoms with van der Waals surface area (Å²) in [5.41, 5.74) is 0. The van der Waals surface area contributed by atoms with Gasteiger partial charge in [0.1, 0.15) is 11.6 Å². The normalized spacial score (nSPS) is 24.4. The van der Waals surface area contributed by atoms with Crippen molar-refractivity contribution < 1.29 is 9.13 Å². The number of nitrogens with zero attached hydrogens (tertiary/aromatic N) is 2. The molecule has 0 spiro atoms. The molecule has 2 rings (SSSR count). The van der Waals surface area contributed by atoms with E-state index in [1.165, 1.54) is 19.3 Å². The standard InChI is InChI=1S/C12H21FN2O/c1-11(13)12(14-5-3-2-4-6-14)15-7-9-16-10-8-15/h2-10H2,1H3/b12-11+. The van der Waals surface area contributed by atoms with Crippen LogP contribution in [0.2, 0.25) is 0 Å². The topological polar surface area (TPSA) is 15.7 Å². The Morgan fingerprint density at radius 3 is 2.06 bits per heavy atom. The first kappa shape index (κ1) is 11.7. The maximum absolute atomic E-state index is 13.7. The van der Waals surface area contributed by atoms with Crippen LogP contribution in [0.15, 0.2) is 11.6 Å². The van der Waals surface area contributed by atoms with E-state index in [9.17, 15) is 4.39 Å². The van der Waals surface area contributed by atoms with Gasteiger partial charge in [0.25, 0.3) is 0 Å². The van der Waals surface area contributed by atoms with Gasteiger partial charge in [-0.1, -0.05) is 0 Å². The summed E-state index contributed by atoms with van der Waals surface area (Å²) in [6.45, 7) is 6.61. The Morgan fingerprint density at radius 2 is 1.50 bits per heavy atom. The van der Waals surface area contributed by atoms with Gasteiger partial charge in [-0.05, 0) is 26.2 Å². The molecule has 0 bridgehead atoms. The lowest BCUT2D eigenvalue weighted by Crippen LogP contribution is -2.44. The van der Waals surface area contributed by atoms with Crippen LogP contribution in [0.25, 0.3) is 0 Å². The molecule has 2 aliphatic heterocycles. The summed E-state index contributed by atoms with van der Waals surface area (Å²) in [4.78, 5) is 4.33. The second-order valence-electron chi connectivity index (χ2n) is 4.50. The van der Waals surface area contributed by atoms with Crippen molar-refractivity contribution in [1.82, 2.24) is 9.80 Å². The molecule has 16 heavy (non-hydrogen) atoms. The fourth-order valence-corrected chi connectivity index (χ4v) is 2.52. The summed E-state index contributed by atoms with van der Waals surface area (Å²) >= 11 is 0. The average Bonchev–Trinajstić information content (AvgIpc) is 2.31. The third-order valence-corrected chi connectivity index (χ3v) is 3.27. The first-order valence-corrected chi connectivity index (χ1v) is 6.23. The Hall–Kier alpha value is -0.770. The van der Waals surface area contributed by atoms with E-state index in [1.54, 1.807) is 6.92 Å². The molecule has 0 aromatic carbocycles. The second-order valence-corrected chi connectivity index (χ2v) is 4.50. The van der Waals surface area contributed by atoms with Crippen molar-refractivity contribution in [1.29, 1.82) is 0 Å². The molecule has 2 heterocycles. The van der Waals surface area contributed by atoms with Gasteiger partial charge in [-0.25, -0.2) is 4.39 Å². The van der Waals surface area contributed by atoms with Crippen molar-refractivity contribution >= 4 is 0 Å². The van der Waals surface area contributed by atoms with Crippen LogP contribution >= 0.6 is 0 Å². The van der Waals surface area contributed by atoms with Gasteiger partial charge in [0.05, 0.1) is 13.2 Å². The molecule has 0 saturated carbocycles. The third kappa shape index (κ3) is 2.67. The summed E-state index contributed by atoms with van der Waals surface area (Å²) in [6.07, 6.45) is 3.64. The van der Waals surface area contributed by atoms with Gasteiger partial charge in [-0.2, -0.15) is 0 Å². The van der Waals surface area contributed by atoms with Gasteiger partial charge in [0, 0.05) is 26.2 Å². The molecule has 2 saturated heterocycles. The highest BCUT2D eigenvalue weighted by Gasteiger charge is 2.23. The zero-order chi connectivity index (χ0) is 11.4. The number of morpholine rings is 1. The van der Waals surface area contributed by atoms with Crippen molar-refractivity contribution in [3.05, 3.63) is 11.6 Å². The van der Waals surface area contributed by atoms with Gasteiger partial charge >= 0.3 is 0 Å². The van der Waals surface area contributed by atoms with Crippen LogP contribution in [-0.4, -0.2) is 49.2 Å². The van der Waals surface area contributed by atoms with Gasteiger partial charge < -0.3 is 14.5 Å². The molecular weight excluding hydrogens is 207 g/mol. The van der Waals surface area contributed by atoms with E-state index in [0.717, 1.165) is 32.0 Å². The number of halogens is 1. The lowest BCUT2D eigenvalue weighted by Gasteiger charge is -2.39. The fourth-order valence-electron chi connectivity index (χ4n) is 2.52. The largest absolute Gasteiger partial charge is 0.378 e. The Kier molecular flexibility index (Phi) is 4.04. The molecule has 0 aromatic rings.